The molecule has 29 heavy (non-hydrogen) atoms. The number of hydrogen-bond donors (Lipinski definition) is 5. The Bertz CT molecular complexity index is 547. The zero-order valence-electron chi connectivity index (χ0n) is 17.2. The molecule has 10 nitrogen and oxygen atoms in total. The van der Waals surface area contributed by atoms with E-state index in [1.165, 1.54) is 12.8 Å². The molecule has 0 radical (unpaired) electrons. The standard InChI is InChI=1S/C17H37N3O7P2/c1-2-3-6-10-16(18)15-19-12-9-11-17(21)20-13-7-4-5-8-14-26-29(24,25)27-28(22)23/h15,19,28H,2-14,18H2,1H3,(H,20,21)(H,22,23)(H,24,25)/b16-15-. The maximum absolute atomic E-state index is 11.7. The lowest BCUT2D eigenvalue weighted by molar-refractivity contribution is -0.121. The number of hydrogen-bond acceptors (Lipinski definition) is 7. The van der Waals surface area contributed by atoms with Gasteiger partial charge in [0, 0.05) is 31.4 Å². The van der Waals surface area contributed by atoms with Crippen LogP contribution < -0.4 is 16.4 Å². The van der Waals surface area contributed by atoms with Crippen LogP contribution in [0.2, 0.25) is 0 Å². The van der Waals surface area contributed by atoms with Crippen molar-refractivity contribution in [3.05, 3.63) is 11.9 Å². The summed E-state index contributed by atoms with van der Waals surface area (Å²) in [4.78, 5) is 29.2. The second kappa shape index (κ2) is 17.9. The average molecular weight is 457 g/mol. The number of nitrogens with one attached hydrogen (secondary N) is 2. The van der Waals surface area contributed by atoms with Crippen molar-refractivity contribution < 1.29 is 32.5 Å². The van der Waals surface area contributed by atoms with Gasteiger partial charge in [0.05, 0.1) is 6.61 Å². The molecule has 0 saturated heterocycles. The van der Waals surface area contributed by atoms with Gasteiger partial charge in [0.2, 0.25) is 5.91 Å². The molecule has 12 heteroatoms. The molecule has 2 atom stereocenters. The van der Waals surface area contributed by atoms with Crippen molar-refractivity contribution in [2.45, 2.75) is 71.1 Å². The molecule has 0 bridgehead atoms. The van der Waals surface area contributed by atoms with Gasteiger partial charge in [0.1, 0.15) is 0 Å². The molecule has 0 aromatic rings. The Morgan fingerprint density at radius 3 is 2.52 bits per heavy atom. The summed E-state index contributed by atoms with van der Waals surface area (Å²) in [6.45, 7) is 3.39. The molecule has 0 fully saturated rings. The van der Waals surface area contributed by atoms with Crippen molar-refractivity contribution in [2.24, 2.45) is 5.73 Å². The first-order valence-corrected chi connectivity index (χ1v) is 12.9. The number of amides is 1. The molecule has 1 amide bonds. The summed E-state index contributed by atoms with van der Waals surface area (Å²) in [6.07, 6.45) is 10.2. The topological polar surface area (TPSA) is 160 Å². The predicted octanol–water partition coefficient (Wildman–Crippen LogP) is 2.93. The van der Waals surface area contributed by atoms with Gasteiger partial charge in [-0.05, 0) is 32.1 Å². The van der Waals surface area contributed by atoms with E-state index in [4.69, 9.17) is 15.5 Å². The van der Waals surface area contributed by atoms with Crippen molar-refractivity contribution in [1.82, 2.24) is 10.6 Å². The second-order valence-corrected chi connectivity index (χ2v) is 9.11. The fourth-order valence-electron chi connectivity index (χ4n) is 2.41. The van der Waals surface area contributed by atoms with Crippen molar-refractivity contribution in [2.75, 3.05) is 19.7 Å². The van der Waals surface area contributed by atoms with E-state index >= 15 is 0 Å². The van der Waals surface area contributed by atoms with Gasteiger partial charge in [0.25, 0.3) is 0 Å². The molecule has 0 aliphatic carbocycles. The SMILES string of the molecule is CCCCC/C(N)=C/NCCCC(=O)NCCCCCCOP(=O)(O)O[PH](=O)O. The monoisotopic (exact) mass is 457 g/mol. The van der Waals surface area contributed by atoms with Crippen LogP contribution in [0.25, 0.3) is 0 Å². The molecule has 0 spiro atoms. The van der Waals surface area contributed by atoms with Gasteiger partial charge in [0.15, 0.2) is 0 Å². The largest absolute Gasteiger partial charge is 0.479 e. The van der Waals surface area contributed by atoms with Crippen LogP contribution in [-0.4, -0.2) is 35.4 Å². The Kier molecular flexibility index (Phi) is 17.4. The van der Waals surface area contributed by atoms with E-state index in [1.54, 1.807) is 0 Å². The molecule has 2 unspecified atom stereocenters. The number of carbonyl (C=O) groups excluding carboxylic acids is 1. The Labute approximate surface area is 174 Å². The first-order chi connectivity index (χ1) is 13.8. The average Bonchev–Trinajstić information content (AvgIpc) is 2.62. The van der Waals surface area contributed by atoms with Gasteiger partial charge in [-0.3, -0.25) is 13.9 Å². The zero-order chi connectivity index (χ0) is 22.0. The van der Waals surface area contributed by atoms with Crippen molar-refractivity contribution in [1.29, 1.82) is 0 Å². The molecular formula is C17H37N3O7P2. The molecular weight excluding hydrogens is 420 g/mol. The lowest BCUT2D eigenvalue weighted by atomic mass is 10.2. The van der Waals surface area contributed by atoms with Crippen molar-refractivity contribution in [3.8, 4) is 0 Å². The Morgan fingerprint density at radius 1 is 1.10 bits per heavy atom. The van der Waals surface area contributed by atoms with Gasteiger partial charge in [-0.15, -0.1) is 0 Å². The lowest BCUT2D eigenvalue weighted by Gasteiger charge is -2.09. The van der Waals surface area contributed by atoms with Crippen molar-refractivity contribution >= 4 is 22.0 Å². The van der Waals surface area contributed by atoms with Crippen molar-refractivity contribution in [3.63, 3.8) is 0 Å². The Morgan fingerprint density at radius 2 is 1.83 bits per heavy atom. The third-order valence-corrected chi connectivity index (χ3v) is 5.98. The van der Waals surface area contributed by atoms with Crippen LogP contribution in [0, 0.1) is 0 Å². The number of phosphoric acid groups is 1. The van der Waals surface area contributed by atoms with Crippen LogP contribution in [0.15, 0.2) is 11.9 Å². The second-order valence-electron chi connectivity index (χ2n) is 6.66. The number of phosphoric ester groups is 1. The third-order valence-electron chi connectivity index (χ3n) is 3.92. The fraction of sp³-hybridized carbons (Fsp3) is 0.824. The van der Waals surface area contributed by atoms with Crippen LogP contribution in [0.5, 0.6) is 0 Å². The van der Waals surface area contributed by atoms with E-state index in [9.17, 15) is 13.9 Å². The van der Waals surface area contributed by atoms with Crippen LogP contribution >= 0.6 is 16.1 Å². The maximum Gasteiger partial charge on any atom is 0.479 e. The van der Waals surface area contributed by atoms with E-state index in [1.807, 2.05) is 6.20 Å². The fourth-order valence-corrected chi connectivity index (χ4v) is 3.77. The van der Waals surface area contributed by atoms with Crippen LogP contribution in [-0.2, 0) is 22.8 Å². The third kappa shape index (κ3) is 20.2. The van der Waals surface area contributed by atoms with Crippen LogP contribution in [0.1, 0.15) is 71.1 Å². The van der Waals surface area contributed by atoms with E-state index in [0.29, 0.717) is 25.9 Å². The summed E-state index contributed by atoms with van der Waals surface area (Å²) in [5.41, 5.74) is 6.72. The van der Waals surface area contributed by atoms with Crippen LogP contribution in [0.4, 0.5) is 0 Å². The Hall–Kier alpha value is -0.890. The minimum Gasteiger partial charge on any atom is -0.401 e. The van der Waals surface area contributed by atoms with Gasteiger partial charge < -0.3 is 26.2 Å². The molecule has 172 valence electrons. The molecule has 0 aromatic heterocycles. The minimum atomic E-state index is -4.44. The van der Waals surface area contributed by atoms with Crippen LogP contribution in [0.3, 0.4) is 0 Å². The van der Waals surface area contributed by atoms with E-state index in [2.05, 4.69) is 26.4 Å². The quantitative estimate of drug-likeness (QED) is 0.145. The van der Waals surface area contributed by atoms with Gasteiger partial charge >= 0.3 is 16.1 Å². The molecule has 0 aliphatic heterocycles. The maximum atomic E-state index is 11.7. The molecule has 0 saturated carbocycles. The highest BCUT2D eigenvalue weighted by atomic mass is 31.2. The minimum absolute atomic E-state index is 0.00706. The predicted molar refractivity (Wildman–Crippen MR) is 113 cm³/mol. The Balaban J connectivity index is 3.51. The first kappa shape index (κ1) is 28.1. The van der Waals surface area contributed by atoms with E-state index in [0.717, 1.165) is 44.2 Å². The number of allylic oxidation sites excluding steroid dienone is 1. The highest BCUT2D eigenvalue weighted by Gasteiger charge is 2.23. The molecule has 0 aromatic carbocycles. The number of nitrogens with two attached hydrogens (primary N) is 1. The summed E-state index contributed by atoms with van der Waals surface area (Å²) in [5, 5.41) is 5.98. The summed E-state index contributed by atoms with van der Waals surface area (Å²) < 4.78 is 30.0. The lowest BCUT2D eigenvalue weighted by Crippen LogP contribution is -2.25. The number of carbonyl (C=O) groups is 1. The molecule has 0 rings (SSSR count). The zero-order valence-corrected chi connectivity index (χ0v) is 19.1. The molecule has 0 heterocycles. The van der Waals surface area contributed by atoms with Gasteiger partial charge in [-0.25, -0.2) is 8.88 Å². The summed E-state index contributed by atoms with van der Waals surface area (Å²) in [7, 11) is -7.95. The molecule has 0 aliphatic rings. The smallest absolute Gasteiger partial charge is 0.401 e. The summed E-state index contributed by atoms with van der Waals surface area (Å²) >= 11 is 0. The first-order valence-electron chi connectivity index (χ1n) is 10.1. The summed E-state index contributed by atoms with van der Waals surface area (Å²) in [6, 6.07) is 0. The molecule has 6 N–H and O–H groups in total. The van der Waals surface area contributed by atoms with E-state index in [-0.39, 0.29) is 12.5 Å². The van der Waals surface area contributed by atoms with Gasteiger partial charge in [-0.2, -0.15) is 0 Å². The highest BCUT2D eigenvalue weighted by Crippen LogP contribution is 2.50. The normalized spacial score (nSPS) is 14.9. The van der Waals surface area contributed by atoms with E-state index < -0.39 is 16.1 Å². The highest BCUT2D eigenvalue weighted by molar-refractivity contribution is 7.55. The number of rotatable bonds is 19. The van der Waals surface area contributed by atoms with Gasteiger partial charge in [-0.1, -0.05) is 32.6 Å². The summed E-state index contributed by atoms with van der Waals surface area (Å²) in [5.74, 6) is 0.00706. The number of unbranched alkanes of at least 4 members (excludes halogenated alkanes) is 5.